The van der Waals surface area contributed by atoms with Crippen molar-refractivity contribution in [3.63, 3.8) is 0 Å². The first-order valence-corrected chi connectivity index (χ1v) is 12.7. The summed E-state index contributed by atoms with van der Waals surface area (Å²) in [6.07, 6.45) is 0.185. The van der Waals surface area contributed by atoms with Crippen molar-refractivity contribution in [2.75, 3.05) is 19.8 Å². The number of aliphatic hydroxyl groups excluding tert-OH is 1. The monoisotopic (exact) mass is 570 g/mol. The highest BCUT2D eigenvalue weighted by Crippen LogP contribution is 2.31. The summed E-state index contributed by atoms with van der Waals surface area (Å²) in [6.45, 7) is 3.90. The maximum Gasteiger partial charge on any atom is 0.258 e. The average molecular weight is 572 g/mol. The van der Waals surface area contributed by atoms with E-state index in [4.69, 9.17) is 44.3 Å². The molecule has 0 fully saturated rings. The zero-order valence-corrected chi connectivity index (χ0v) is 22.7. The number of aliphatic hydroxyl groups is 1. The van der Waals surface area contributed by atoms with Gasteiger partial charge in [0.25, 0.3) is 5.91 Å². The first-order valence-electron chi connectivity index (χ1n) is 11.6. The van der Waals surface area contributed by atoms with Gasteiger partial charge in [-0.2, -0.15) is 5.10 Å². The van der Waals surface area contributed by atoms with Crippen LogP contribution in [0.4, 0.5) is 0 Å². The molecular formula is C25H29Cl3N4O5. The van der Waals surface area contributed by atoms with Crippen LogP contribution >= 0.6 is 34.8 Å². The molecule has 0 spiro atoms. The van der Waals surface area contributed by atoms with Crippen molar-refractivity contribution in [3.8, 4) is 11.5 Å². The van der Waals surface area contributed by atoms with Gasteiger partial charge in [0, 0.05) is 43.0 Å². The predicted octanol–water partition coefficient (Wildman–Crippen LogP) is 3.91. The second-order valence-electron chi connectivity index (χ2n) is 9.03. The van der Waals surface area contributed by atoms with Gasteiger partial charge in [-0.15, -0.1) is 0 Å². The molecule has 0 aliphatic carbocycles. The van der Waals surface area contributed by atoms with Crippen molar-refractivity contribution >= 4 is 52.3 Å². The maximum atomic E-state index is 12.5. The molecule has 1 aliphatic heterocycles. The van der Waals surface area contributed by atoms with Gasteiger partial charge in [-0.05, 0) is 38.1 Å². The molecule has 0 aromatic heterocycles. The fourth-order valence-corrected chi connectivity index (χ4v) is 4.01. The zero-order chi connectivity index (χ0) is 27.0. The number of rotatable bonds is 12. The van der Waals surface area contributed by atoms with Crippen molar-refractivity contribution in [2.24, 2.45) is 5.10 Å². The third-order valence-electron chi connectivity index (χ3n) is 5.37. The van der Waals surface area contributed by atoms with E-state index in [2.05, 4.69) is 21.2 Å². The third kappa shape index (κ3) is 9.05. The van der Waals surface area contributed by atoms with Crippen LogP contribution in [0.2, 0.25) is 15.1 Å². The number of benzene rings is 2. The van der Waals surface area contributed by atoms with Gasteiger partial charge in [-0.25, -0.2) is 5.43 Å². The number of nitrogens with one attached hydrogen (secondary N) is 3. The van der Waals surface area contributed by atoms with Crippen LogP contribution in [0.1, 0.15) is 38.7 Å². The largest absolute Gasteiger partial charge is 0.493 e. The van der Waals surface area contributed by atoms with E-state index >= 15 is 0 Å². The zero-order valence-electron chi connectivity index (χ0n) is 20.4. The summed E-state index contributed by atoms with van der Waals surface area (Å²) >= 11 is 18.2. The first-order chi connectivity index (χ1) is 17.5. The molecule has 0 saturated carbocycles. The van der Waals surface area contributed by atoms with Crippen molar-refractivity contribution in [2.45, 2.75) is 44.9 Å². The first kappa shape index (κ1) is 29.0. The van der Waals surface area contributed by atoms with Gasteiger partial charge in [0.15, 0.2) is 6.61 Å². The molecule has 2 aromatic carbocycles. The number of ether oxygens (including phenoxy) is 2. The lowest BCUT2D eigenvalue weighted by atomic mass is 10.0. The molecule has 3 rings (SSSR count). The van der Waals surface area contributed by atoms with Gasteiger partial charge in [0.1, 0.15) is 17.7 Å². The molecular weight excluding hydrogens is 543 g/mol. The van der Waals surface area contributed by atoms with Crippen LogP contribution < -0.4 is 25.5 Å². The minimum atomic E-state index is -0.867. The lowest BCUT2D eigenvalue weighted by Gasteiger charge is -2.29. The number of halogens is 3. The fraction of sp³-hybridized carbons (Fsp3) is 0.400. The average Bonchev–Trinajstić information content (AvgIpc) is 2.84. The highest BCUT2D eigenvalue weighted by molar-refractivity contribution is 6.42. The maximum absolute atomic E-state index is 12.5. The summed E-state index contributed by atoms with van der Waals surface area (Å²) in [5.74, 6) is 0.351. The molecule has 1 heterocycles. The Morgan fingerprint density at radius 2 is 1.92 bits per heavy atom. The molecule has 1 atom stereocenters. The SMILES string of the molecule is CC(C)(CNC(=O)COc1c(Cl)cccc1C1=NNC(=O)CC1)NC(O)CCOc1ccc(Cl)c(Cl)c1. The van der Waals surface area contributed by atoms with E-state index in [1.807, 2.05) is 13.8 Å². The van der Waals surface area contributed by atoms with Crippen molar-refractivity contribution in [1.29, 1.82) is 0 Å². The Morgan fingerprint density at radius 3 is 2.62 bits per heavy atom. The summed E-state index contributed by atoms with van der Waals surface area (Å²) in [7, 11) is 0. The van der Waals surface area contributed by atoms with Crippen molar-refractivity contribution < 1.29 is 24.2 Å². The Bertz CT molecular complexity index is 1160. The Labute approximate surface area is 230 Å². The van der Waals surface area contributed by atoms with Crippen LogP contribution in [0.25, 0.3) is 0 Å². The number of hydrogen-bond donors (Lipinski definition) is 4. The Kier molecular flexibility index (Phi) is 10.4. The Morgan fingerprint density at radius 1 is 1.14 bits per heavy atom. The van der Waals surface area contributed by atoms with Crippen LogP contribution in [0.15, 0.2) is 41.5 Å². The number of hydrazone groups is 1. The highest BCUT2D eigenvalue weighted by Gasteiger charge is 2.23. The van der Waals surface area contributed by atoms with Gasteiger partial charge in [0.2, 0.25) is 5.91 Å². The molecule has 0 saturated heterocycles. The van der Waals surface area contributed by atoms with Gasteiger partial charge in [-0.3, -0.25) is 14.9 Å². The predicted molar refractivity (Wildman–Crippen MR) is 144 cm³/mol. The van der Waals surface area contributed by atoms with E-state index in [0.717, 1.165) is 0 Å². The molecule has 2 amide bonds. The van der Waals surface area contributed by atoms with Gasteiger partial charge >= 0.3 is 0 Å². The van der Waals surface area contributed by atoms with E-state index in [-0.39, 0.29) is 31.6 Å². The standard InChI is InChI=1S/C25H29Cl3N4O5/c1-25(2,30-21(33)10-11-36-15-6-7-17(26)19(28)12-15)14-29-23(35)13-37-24-16(4-3-5-18(24)27)20-8-9-22(34)32-31-20/h3-7,12,21,30,33H,8-11,13-14H2,1-2H3,(H,29,35)(H,32,34). The van der Waals surface area contributed by atoms with Crippen LogP contribution in [0.3, 0.4) is 0 Å². The second-order valence-corrected chi connectivity index (χ2v) is 10.3. The summed E-state index contributed by atoms with van der Waals surface area (Å²) in [4.78, 5) is 23.9. The number of amides is 2. The number of carbonyl (C=O) groups excluding carboxylic acids is 2. The quantitative estimate of drug-likeness (QED) is 0.287. The minimum absolute atomic E-state index is 0.159. The van der Waals surface area contributed by atoms with E-state index < -0.39 is 11.8 Å². The Hall–Kier alpha value is -2.56. The molecule has 9 nitrogen and oxygen atoms in total. The number of hydrogen-bond acceptors (Lipinski definition) is 7. The number of para-hydroxylation sites is 1. The minimum Gasteiger partial charge on any atom is -0.493 e. The van der Waals surface area contributed by atoms with E-state index in [9.17, 15) is 14.7 Å². The summed E-state index contributed by atoms with van der Waals surface area (Å²) in [5.41, 5.74) is 3.07. The molecule has 1 aliphatic rings. The molecule has 12 heteroatoms. The highest BCUT2D eigenvalue weighted by atomic mass is 35.5. The van der Waals surface area contributed by atoms with Gasteiger partial charge in [-0.1, -0.05) is 40.9 Å². The molecule has 0 radical (unpaired) electrons. The molecule has 1 unspecified atom stereocenters. The Balaban J connectivity index is 1.44. The topological polar surface area (TPSA) is 121 Å². The number of nitrogens with zero attached hydrogens (tertiary/aromatic N) is 1. The molecule has 0 bridgehead atoms. The summed E-state index contributed by atoms with van der Waals surface area (Å²) in [5, 5.41) is 21.4. The summed E-state index contributed by atoms with van der Waals surface area (Å²) in [6, 6.07) is 10.1. The van der Waals surface area contributed by atoms with Crippen LogP contribution in [0, 0.1) is 0 Å². The smallest absolute Gasteiger partial charge is 0.258 e. The lowest BCUT2D eigenvalue weighted by molar-refractivity contribution is -0.123. The van der Waals surface area contributed by atoms with Crippen LogP contribution in [-0.2, 0) is 9.59 Å². The van der Waals surface area contributed by atoms with E-state index in [0.29, 0.717) is 57.1 Å². The lowest BCUT2D eigenvalue weighted by Crippen LogP contribution is -2.53. The van der Waals surface area contributed by atoms with Gasteiger partial charge in [0.05, 0.1) is 27.4 Å². The summed E-state index contributed by atoms with van der Waals surface area (Å²) < 4.78 is 11.3. The van der Waals surface area contributed by atoms with E-state index in [1.165, 1.54) is 0 Å². The van der Waals surface area contributed by atoms with Crippen molar-refractivity contribution in [1.82, 2.24) is 16.1 Å². The normalized spacial score (nSPS) is 14.4. The van der Waals surface area contributed by atoms with Gasteiger partial charge < -0.3 is 19.9 Å². The molecule has 4 N–H and O–H groups in total. The third-order valence-corrected chi connectivity index (χ3v) is 6.40. The number of carbonyl (C=O) groups is 2. The molecule has 2 aromatic rings. The van der Waals surface area contributed by atoms with Crippen LogP contribution in [0.5, 0.6) is 11.5 Å². The fourth-order valence-electron chi connectivity index (χ4n) is 3.49. The van der Waals surface area contributed by atoms with Crippen LogP contribution in [-0.4, -0.2) is 54.2 Å². The molecule has 37 heavy (non-hydrogen) atoms. The van der Waals surface area contributed by atoms with E-state index in [1.54, 1.807) is 36.4 Å². The van der Waals surface area contributed by atoms with Crippen molar-refractivity contribution in [3.05, 3.63) is 57.0 Å². The second kappa shape index (κ2) is 13.3. The molecule has 200 valence electrons.